The molecule has 1 aromatic carbocycles. The minimum atomic E-state index is -3.46. The van der Waals surface area contributed by atoms with E-state index >= 15 is 0 Å². The van der Waals surface area contributed by atoms with Gasteiger partial charge in [-0.3, -0.25) is 0 Å². The van der Waals surface area contributed by atoms with Crippen LogP contribution in [0.15, 0.2) is 23.1 Å². The van der Waals surface area contributed by atoms with Crippen LogP contribution < -0.4 is 0 Å². The summed E-state index contributed by atoms with van der Waals surface area (Å²) in [6.45, 7) is 1.82. The van der Waals surface area contributed by atoms with E-state index in [9.17, 15) is 16.8 Å². The lowest BCUT2D eigenvalue weighted by atomic mass is 10.0. The summed E-state index contributed by atoms with van der Waals surface area (Å²) in [4.78, 5) is 0.267. The molecule has 8 heteroatoms. The van der Waals surface area contributed by atoms with Gasteiger partial charge in [0.2, 0.25) is 20.0 Å². The molecule has 0 unspecified atom stereocenters. The first-order chi connectivity index (χ1) is 10.3. The van der Waals surface area contributed by atoms with Crippen molar-refractivity contribution >= 4 is 20.0 Å². The Morgan fingerprint density at radius 3 is 2.23 bits per heavy atom. The fourth-order valence-corrected chi connectivity index (χ4v) is 5.39. The van der Waals surface area contributed by atoms with Crippen molar-refractivity contribution < 1.29 is 16.8 Å². The zero-order valence-corrected chi connectivity index (χ0v) is 14.2. The van der Waals surface area contributed by atoms with Crippen LogP contribution in [0.5, 0.6) is 0 Å². The molecule has 0 N–H and O–H groups in total. The third-order valence-corrected chi connectivity index (χ3v) is 7.47. The Bertz CT molecular complexity index is 781. The summed E-state index contributed by atoms with van der Waals surface area (Å²) in [6, 6.07) is 5.10. The molecule has 1 aromatic rings. The fraction of sp³-hybridized carbons (Fsp3) is 0.571. The van der Waals surface area contributed by atoms with Gasteiger partial charge in [-0.1, -0.05) is 6.07 Å². The molecule has 6 nitrogen and oxygen atoms in total. The van der Waals surface area contributed by atoms with Crippen molar-refractivity contribution in [3.63, 3.8) is 0 Å². The predicted molar refractivity (Wildman–Crippen MR) is 83.4 cm³/mol. The molecule has 1 fully saturated rings. The molecular formula is C14H20N2O4S2. The molecular weight excluding hydrogens is 324 g/mol. The van der Waals surface area contributed by atoms with Gasteiger partial charge in [-0.25, -0.2) is 16.8 Å². The number of sulfonamides is 2. The Labute approximate surface area is 131 Å². The summed E-state index contributed by atoms with van der Waals surface area (Å²) in [6.07, 6.45) is 3.59. The van der Waals surface area contributed by atoms with Gasteiger partial charge in [-0.15, -0.1) is 0 Å². The molecule has 0 radical (unpaired) electrons. The van der Waals surface area contributed by atoms with E-state index in [-0.39, 0.29) is 11.4 Å². The summed E-state index contributed by atoms with van der Waals surface area (Å²) in [5.41, 5.74) is 1.82. The molecule has 0 aromatic heterocycles. The van der Waals surface area contributed by atoms with E-state index in [2.05, 4.69) is 0 Å². The average molecular weight is 344 g/mol. The fourth-order valence-electron chi connectivity index (χ4n) is 3.03. The first kappa shape index (κ1) is 15.9. The molecule has 2 heterocycles. The topological polar surface area (TPSA) is 74.8 Å². The van der Waals surface area contributed by atoms with Crippen LogP contribution in [0.25, 0.3) is 0 Å². The van der Waals surface area contributed by atoms with E-state index < -0.39 is 20.0 Å². The van der Waals surface area contributed by atoms with Crippen LogP contribution in [-0.4, -0.2) is 51.3 Å². The van der Waals surface area contributed by atoms with Crippen LogP contribution in [0.4, 0.5) is 0 Å². The molecule has 0 aliphatic carbocycles. The molecule has 22 heavy (non-hydrogen) atoms. The number of hydrogen-bond donors (Lipinski definition) is 0. The number of rotatable bonds is 3. The van der Waals surface area contributed by atoms with E-state index in [1.807, 2.05) is 6.07 Å². The first-order valence-electron chi connectivity index (χ1n) is 7.35. The van der Waals surface area contributed by atoms with E-state index in [1.165, 1.54) is 14.9 Å². The Balaban J connectivity index is 1.94. The van der Waals surface area contributed by atoms with Gasteiger partial charge < -0.3 is 0 Å². The van der Waals surface area contributed by atoms with Crippen molar-refractivity contribution in [2.75, 3.05) is 25.9 Å². The van der Waals surface area contributed by atoms with Crippen molar-refractivity contribution in [3.8, 4) is 0 Å². The molecule has 0 atom stereocenters. The zero-order chi connectivity index (χ0) is 16.0. The average Bonchev–Trinajstić information content (AvgIpc) is 3.00. The van der Waals surface area contributed by atoms with Gasteiger partial charge in [-0.05, 0) is 42.5 Å². The Morgan fingerprint density at radius 1 is 0.909 bits per heavy atom. The number of nitrogens with zero attached hydrogens (tertiary/aromatic N) is 2. The van der Waals surface area contributed by atoms with Crippen molar-refractivity contribution in [2.45, 2.75) is 30.7 Å². The van der Waals surface area contributed by atoms with Crippen LogP contribution in [-0.2, 0) is 33.0 Å². The number of fused-ring (bicyclic) bond motifs is 1. The van der Waals surface area contributed by atoms with Gasteiger partial charge >= 0.3 is 0 Å². The van der Waals surface area contributed by atoms with Gasteiger partial charge in [0, 0.05) is 26.2 Å². The molecule has 0 spiro atoms. The summed E-state index contributed by atoms with van der Waals surface area (Å²) >= 11 is 0. The van der Waals surface area contributed by atoms with E-state index in [0.29, 0.717) is 26.1 Å². The second-order valence-corrected chi connectivity index (χ2v) is 9.81. The van der Waals surface area contributed by atoms with E-state index in [0.717, 1.165) is 24.0 Å². The van der Waals surface area contributed by atoms with Crippen molar-refractivity contribution in [1.29, 1.82) is 0 Å². The van der Waals surface area contributed by atoms with Crippen molar-refractivity contribution in [1.82, 2.24) is 8.61 Å². The lowest BCUT2D eigenvalue weighted by Gasteiger charge is -2.27. The van der Waals surface area contributed by atoms with Gasteiger partial charge in [-0.2, -0.15) is 8.61 Å². The molecule has 2 aliphatic heterocycles. The maximum Gasteiger partial charge on any atom is 0.243 e. The highest BCUT2D eigenvalue weighted by Crippen LogP contribution is 2.26. The van der Waals surface area contributed by atoms with Crippen LogP contribution in [0, 0.1) is 0 Å². The van der Waals surface area contributed by atoms with Crippen LogP contribution in [0.2, 0.25) is 0 Å². The molecule has 122 valence electrons. The molecule has 2 aliphatic rings. The maximum atomic E-state index is 12.6. The number of benzene rings is 1. The third-order valence-electron chi connectivity index (χ3n) is 4.33. The van der Waals surface area contributed by atoms with Crippen molar-refractivity contribution in [2.24, 2.45) is 0 Å². The van der Waals surface area contributed by atoms with Crippen LogP contribution >= 0.6 is 0 Å². The highest BCUT2D eigenvalue weighted by molar-refractivity contribution is 7.89. The first-order valence-corrected chi connectivity index (χ1v) is 10.6. The summed E-state index contributed by atoms with van der Waals surface area (Å²) < 4.78 is 51.5. The standard InChI is InChI=1S/C14H20N2O4S2/c1-21(17,18)16-9-6-12-4-5-14(10-13(12)11-16)22(19,20)15-7-2-3-8-15/h4-5,10H,2-3,6-9,11H2,1H3. The minimum Gasteiger partial charge on any atom is -0.212 e. The van der Waals surface area contributed by atoms with Crippen LogP contribution in [0.1, 0.15) is 24.0 Å². The smallest absolute Gasteiger partial charge is 0.212 e. The molecule has 1 saturated heterocycles. The number of hydrogen-bond acceptors (Lipinski definition) is 4. The van der Waals surface area contributed by atoms with Crippen LogP contribution in [0.3, 0.4) is 0 Å². The minimum absolute atomic E-state index is 0.248. The molecule has 0 bridgehead atoms. The summed E-state index contributed by atoms with van der Waals surface area (Å²) in [5.74, 6) is 0. The maximum absolute atomic E-state index is 12.6. The highest BCUT2D eigenvalue weighted by Gasteiger charge is 2.29. The quantitative estimate of drug-likeness (QED) is 0.812. The third kappa shape index (κ3) is 2.92. The monoisotopic (exact) mass is 344 g/mol. The Morgan fingerprint density at radius 2 is 1.59 bits per heavy atom. The van der Waals surface area contributed by atoms with Gasteiger partial charge in [0.15, 0.2) is 0 Å². The largest absolute Gasteiger partial charge is 0.243 e. The molecule has 3 rings (SSSR count). The SMILES string of the molecule is CS(=O)(=O)N1CCc2ccc(S(=O)(=O)N3CCCC3)cc2C1. The second kappa shape index (κ2) is 5.59. The zero-order valence-electron chi connectivity index (χ0n) is 12.5. The summed E-state index contributed by atoms with van der Waals surface area (Å²) in [7, 11) is -6.72. The molecule has 0 amide bonds. The summed E-state index contributed by atoms with van der Waals surface area (Å²) in [5, 5.41) is 0. The van der Waals surface area contributed by atoms with E-state index in [4.69, 9.17) is 0 Å². The lowest BCUT2D eigenvalue weighted by Crippen LogP contribution is -2.35. The predicted octanol–water partition coefficient (Wildman–Crippen LogP) is 0.789. The highest BCUT2D eigenvalue weighted by atomic mass is 32.2. The molecule has 0 saturated carbocycles. The van der Waals surface area contributed by atoms with E-state index in [1.54, 1.807) is 12.1 Å². The van der Waals surface area contributed by atoms with Gasteiger partial charge in [0.1, 0.15) is 0 Å². The second-order valence-electron chi connectivity index (χ2n) is 5.89. The lowest BCUT2D eigenvalue weighted by molar-refractivity contribution is 0.394. The normalized spacial score (nSPS) is 21.0. The van der Waals surface area contributed by atoms with Gasteiger partial charge in [0.05, 0.1) is 11.2 Å². The Kier molecular flexibility index (Phi) is 4.05. The van der Waals surface area contributed by atoms with Gasteiger partial charge in [0.25, 0.3) is 0 Å². The Hall–Kier alpha value is -0.960. The van der Waals surface area contributed by atoms with Crippen molar-refractivity contribution in [3.05, 3.63) is 29.3 Å².